The number of nitrogens with one attached hydrogen (secondary N) is 1. The van der Waals surface area contributed by atoms with Crippen LogP contribution < -0.4 is 10.2 Å². The van der Waals surface area contributed by atoms with Gasteiger partial charge in [-0.15, -0.1) is 5.10 Å². The molecular formula is C17H20N8O3S. The van der Waals surface area contributed by atoms with Gasteiger partial charge in [0.15, 0.2) is 17.0 Å². The Balaban J connectivity index is 1.49. The Hall–Kier alpha value is -3.12. The Morgan fingerprint density at radius 1 is 1.07 bits per heavy atom. The highest BCUT2D eigenvalue weighted by Gasteiger charge is 2.30. The van der Waals surface area contributed by atoms with Crippen LogP contribution in [-0.4, -0.2) is 69.8 Å². The number of carbonyl (C=O) groups excluding carboxylic acids is 1. The summed E-state index contributed by atoms with van der Waals surface area (Å²) < 4.78 is 28.9. The Labute approximate surface area is 167 Å². The summed E-state index contributed by atoms with van der Waals surface area (Å²) in [5.74, 6) is 0.443. The van der Waals surface area contributed by atoms with Gasteiger partial charge in [0.1, 0.15) is 6.33 Å². The summed E-state index contributed by atoms with van der Waals surface area (Å²) in [6.45, 7) is 3.00. The number of rotatable bonds is 4. The third-order valence-corrected chi connectivity index (χ3v) is 6.63. The number of nitrogens with zero attached hydrogens (tertiary/aromatic N) is 7. The fraction of sp³-hybridized carbons (Fsp3) is 0.353. The van der Waals surface area contributed by atoms with E-state index in [-0.39, 0.29) is 10.8 Å². The van der Waals surface area contributed by atoms with E-state index < -0.39 is 10.0 Å². The first-order valence-electron chi connectivity index (χ1n) is 8.99. The molecule has 0 unspecified atom stereocenters. The van der Waals surface area contributed by atoms with Crippen molar-refractivity contribution in [1.29, 1.82) is 0 Å². The standard InChI is InChI=1S/C17H20N8O3S/c1-12(26)20-13-3-5-14(6-4-13)29(27,28)25-9-7-24(8-10-25)17-15-16(18-11-19-17)23(2)22-21-15/h3-6,11H,7-10H2,1-2H3,(H,20,26). The summed E-state index contributed by atoms with van der Waals surface area (Å²) in [5, 5.41) is 10.7. The number of hydrogen-bond donors (Lipinski definition) is 1. The smallest absolute Gasteiger partial charge is 0.243 e. The summed E-state index contributed by atoms with van der Waals surface area (Å²) >= 11 is 0. The van der Waals surface area contributed by atoms with Crippen molar-refractivity contribution >= 4 is 38.6 Å². The summed E-state index contributed by atoms with van der Waals surface area (Å²) in [6.07, 6.45) is 1.46. The van der Waals surface area contributed by atoms with Crippen molar-refractivity contribution in [2.24, 2.45) is 7.05 Å². The third kappa shape index (κ3) is 3.63. The Morgan fingerprint density at radius 2 is 1.76 bits per heavy atom. The van der Waals surface area contributed by atoms with Crippen LogP contribution in [0.2, 0.25) is 0 Å². The lowest BCUT2D eigenvalue weighted by molar-refractivity contribution is -0.114. The number of fused-ring (bicyclic) bond motifs is 1. The van der Waals surface area contributed by atoms with Crippen LogP contribution in [0.1, 0.15) is 6.92 Å². The molecule has 0 spiro atoms. The lowest BCUT2D eigenvalue weighted by atomic mass is 10.3. The van der Waals surface area contributed by atoms with Crippen LogP contribution in [0.15, 0.2) is 35.5 Å². The van der Waals surface area contributed by atoms with Crippen LogP contribution in [0.5, 0.6) is 0 Å². The molecular weight excluding hydrogens is 396 g/mol. The van der Waals surface area contributed by atoms with Gasteiger partial charge in [-0.2, -0.15) is 4.31 Å². The first-order chi connectivity index (χ1) is 13.9. The fourth-order valence-corrected chi connectivity index (χ4v) is 4.70. The average Bonchev–Trinajstić information content (AvgIpc) is 3.09. The molecule has 3 aromatic rings. The van der Waals surface area contributed by atoms with Crippen molar-refractivity contribution in [3.05, 3.63) is 30.6 Å². The summed E-state index contributed by atoms with van der Waals surface area (Å²) in [5.41, 5.74) is 1.78. The predicted molar refractivity (Wildman–Crippen MR) is 106 cm³/mol. The molecule has 4 rings (SSSR count). The third-order valence-electron chi connectivity index (χ3n) is 4.72. The van der Waals surface area contributed by atoms with Crippen LogP contribution >= 0.6 is 0 Å². The van der Waals surface area contributed by atoms with E-state index in [9.17, 15) is 13.2 Å². The largest absolute Gasteiger partial charge is 0.352 e. The molecule has 0 atom stereocenters. The van der Waals surface area contributed by atoms with Crippen molar-refractivity contribution in [1.82, 2.24) is 29.3 Å². The lowest BCUT2D eigenvalue weighted by Crippen LogP contribution is -2.49. The molecule has 1 aromatic carbocycles. The number of benzene rings is 1. The average molecular weight is 416 g/mol. The van der Waals surface area contributed by atoms with Crippen molar-refractivity contribution in [2.75, 3.05) is 36.4 Å². The highest BCUT2D eigenvalue weighted by atomic mass is 32.2. The van der Waals surface area contributed by atoms with E-state index in [2.05, 4.69) is 25.6 Å². The number of sulfonamides is 1. The second-order valence-electron chi connectivity index (χ2n) is 6.68. The highest BCUT2D eigenvalue weighted by molar-refractivity contribution is 7.89. The number of piperazine rings is 1. The molecule has 11 nitrogen and oxygen atoms in total. The molecule has 152 valence electrons. The van der Waals surface area contributed by atoms with Crippen LogP contribution in [0.25, 0.3) is 11.2 Å². The zero-order valence-corrected chi connectivity index (χ0v) is 16.8. The van der Waals surface area contributed by atoms with Crippen LogP contribution in [0, 0.1) is 0 Å². The fourth-order valence-electron chi connectivity index (χ4n) is 3.28. The predicted octanol–water partition coefficient (Wildman–Crippen LogP) is 0.228. The zero-order chi connectivity index (χ0) is 20.6. The van der Waals surface area contributed by atoms with E-state index in [1.165, 1.54) is 29.7 Å². The molecule has 1 amide bonds. The minimum Gasteiger partial charge on any atom is -0.352 e. The van der Waals surface area contributed by atoms with Crippen LogP contribution in [0.3, 0.4) is 0 Å². The Kier molecular flexibility index (Phi) is 4.88. The van der Waals surface area contributed by atoms with E-state index in [4.69, 9.17) is 0 Å². The highest BCUT2D eigenvalue weighted by Crippen LogP contribution is 2.24. The second kappa shape index (κ2) is 7.37. The molecule has 12 heteroatoms. The lowest BCUT2D eigenvalue weighted by Gasteiger charge is -2.34. The van der Waals surface area contributed by atoms with Gasteiger partial charge in [0, 0.05) is 45.8 Å². The van der Waals surface area contributed by atoms with E-state index in [1.807, 2.05) is 4.90 Å². The van der Waals surface area contributed by atoms with Gasteiger partial charge in [0.2, 0.25) is 15.9 Å². The Bertz CT molecular complexity index is 1150. The molecule has 0 radical (unpaired) electrons. The topological polar surface area (TPSA) is 126 Å². The molecule has 1 saturated heterocycles. The van der Waals surface area contributed by atoms with E-state index in [0.717, 1.165) is 0 Å². The SMILES string of the molecule is CC(=O)Nc1ccc(S(=O)(=O)N2CCN(c3ncnc4c3nnn4C)CC2)cc1. The van der Waals surface area contributed by atoms with Gasteiger partial charge in [-0.05, 0) is 24.3 Å². The first kappa shape index (κ1) is 19.2. The second-order valence-corrected chi connectivity index (χ2v) is 8.62. The monoisotopic (exact) mass is 416 g/mol. The minimum atomic E-state index is -3.62. The molecule has 1 aliphatic heterocycles. The molecule has 0 bridgehead atoms. The summed E-state index contributed by atoms with van der Waals surface area (Å²) in [4.78, 5) is 21.8. The maximum atomic E-state index is 12.9. The number of amides is 1. The number of hydrogen-bond acceptors (Lipinski definition) is 8. The molecule has 1 fully saturated rings. The molecule has 29 heavy (non-hydrogen) atoms. The molecule has 1 N–H and O–H groups in total. The van der Waals surface area contributed by atoms with Crippen molar-refractivity contribution in [3.8, 4) is 0 Å². The number of anilines is 2. The quantitative estimate of drug-likeness (QED) is 0.640. The minimum absolute atomic E-state index is 0.193. The van der Waals surface area contributed by atoms with Gasteiger partial charge >= 0.3 is 0 Å². The summed E-state index contributed by atoms with van der Waals surface area (Å²) in [7, 11) is -1.86. The van der Waals surface area contributed by atoms with E-state index >= 15 is 0 Å². The van der Waals surface area contributed by atoms with E-state index in [1.54, 1.807) is 23.9 Å². The van der Waals surface area contributed by atoms with Gasteiger partial charge in [0.25, 0.3) is 0 Å². The number of carbonyl (C=O) groups is 1. The van der Waals surface area contributed by atoms with Gasteiger partial charge in [-0.3, -0.25) is 4.79 Å². The van der Waals surface area contributed by atoms with Crippen molar-refractivity contribution < 1.29 is 13.2 Å². The van der Waals surface area contributed by atoms with Crippen LogP contribution in [-0.2, 0) is 21.9 Å². The maximum Gasteiger partial charge on any atom is 0.243 e. The molecule has 0 saturated carbocycles. The first-order valence-corrected chi connectivity index (χ1v) is 10.4. The van der Waals surface area contributed by atoms with Crippen LogP contribution in [0.4, 0.5) is 11.5 Å². The van der Waals surface area contributed by atoms with Gasteiger partial charge in [-0.1, -0.05) is 5.21 Å². The van der Waals surface area contributed by atoms with Crippen molar-refractivity contribution in [2.45, 2.75) is 11.8 Å². The molecule has 3 heterocycles. The maximum absolute atomic E-state index is 12.9. The molecule has 2 aromatic heterocycles. The summed E-state index contributed by atoms with van der Waals surface area (Å²) in [6, 6.07) is 6.16. The molecule has 0 aliphatic carbocycles. The Morgan fingerprint density at radius 3 is 2.41 bits per heavy atom. The molecule has 1 aliphatic rings. The van der Waals surface area contributed by atoms with Gasteiger partial charge in [0.05, 0.1) is 4.90 Å². The van der Waals surface area contributed by atoms with E-state index in [0.29, 0.717) is 48.8 Å². The number of aromatic nitrogens is 5. The van der Waals surface area contributed by atoms with Gasteiger partial charge in [-0.25, -0.2) is 23.1 Å². The normalized spacial score (nSPS) is 15.6. The van der Waals surface area contributed by atoms with Crippen molar-refractivity contribution in [3.63, 3.8) is 0 Å². The number of aryl methyl sites for hydroxylation is 1. The zero-order valence-electron chi connectivity index (χ0n) is 16.0. The van der Waals surface area contributed by atoms with Gasteiger partial charge < -0.3 is 10.2 Å².